The van der Waals surface area contributed by atoms with E-state index in [0.717, 1.165) is 19.1 Å². The summed E-state index contributed by atoms with van der Waals surface area (Å²) in [6.07, 6.45) is 2.77. The number of hydrogen-bond donors (Lipinski definition) is 1. The zero-order valence-electron chi connectivity index (χ0n) is 8.08. The van der Waals surface area contributed by atoms with Gasteiger partial charge in [-0.05, 0) is 12.8 Å². The van der Waals surface area contributed by atoms with Crippen LogP contribution in [0.1, 0.15) is 26.7 Å². The van der Waals surface area contributed by atoms with Gasteiger partial charge in [-0.25, -0.2) is 4.79 Å². The Morgan fingerprint density at radius 1 is 1.31 bits per heavy atom. The fourth-order valence-electron chi connectivity index (χ4n) is 0.611. The highest BCUT2D eigenvalue weighted by Crippen LogP contribution is 1.99. The second kappa shape index (κ2) is 7.46. The Hall–Kier alpha value is -1.19. The highest BCUT2D eigenvalue weighted by atomic mass is 16.5. The van der Waals surface area contributed by atoms with Crippen molar-refractivity contribution in [1.82, 2.24) is 0 Å². The van der Waals surface area contributed by atoms with Crippen LogP contribution in [0.3, 0.4) is 0 Å². The van der Waals surface area contributed by atoms with Gasteiger partial charge in [-0.3, -0.25) is 0 Å². The van der Waals surface area contributed by atoms with Gasteiger partial charge < -0.3 is 14.6 Å². The third-order valence-electron chi connectivity index (χ3n) is 1.18. The first-order chi connectivity index (χ1) is 6.22. The second-order valence-corrected chi connectivity index (χ2v) is 2.51. The van der Waals surface area contributed by atoms with Gasteiger partial charge in [0.2, 0.25) is 5.76 Å². The van der Waals surface area contributed by atoms with Gasteiger partial charge in [-0.15, -0.1) is 0 Å². The molecule has 0 bridgehead atoms. The summed E-state index contributed by atoms with van der Waals surface area (Å²) in [6.45, 7) is 4.76. The third kappa shape index (κ3) is 6.02. The number of rotatable bonds is 7. The summed E-state index contributed by atoms with van der Waals surface area (Å²) in [5, 5.41) is 8.63. The summed E-state index contributed by atoms with van der Waals surface area (Å²) < 4.78 is 9.87. The van der Waals surface area contributed by atoms with Gasteiger partial charge in [-0.2, -0.15) is 0 Å². The van der Waals surface area contributed by atoms with Crippen LogP contribution in [0.5, 0.6) is 0 Å². The molecule has 0 aliphatic carbocycles. The standard InChI is InChI=1S/C9H16O4/c1-3-5-12-7-8(9(10)11)13-6-4-2/h7H,3-6H2,1-2H3,(H,10,11). The Kier molecular flexibility index (Phi) is 6.78. The van der Waals surface area contributed by atoms with Crippen LogP contribution < -0.4 is 0 Å². The molecule has 4 heteroatoms. The average Bonchev–Trinajstić information content (AvgIpc) is 2.10. The lowest BCUT2D eigenvalue weighted by atomic mass is 10.5. The summed E-state index contributed by atoms with van der Waals surface area (Å²) in [6, 6.07) is 0. The van der Waals surface area contributed by atoms with Crippen molar-refractivity contribution in [1.29, 1.82) is 0 Å². The Morgan fingerprint density at radius 3 is 2.38 bits per heavy atom. The van der Waals surface area contributed by atoms with E-state index in [2.05, 4.69) is 0 Å². The van der Waals surface area contributed by atoms with E-state index in [1.165, 1.54) is 0 Å². The van der Waals surface area contributed by atoms with Crippen LogP contribution in [0.15, 0.2) is 12.0 Å². The number of carboxylic acids is 1. The van der Waals surface area contributed by atoms with Gasteiger partial charge >= 0.3 is 5.97 Å². The topological polar surface area (TPSA) is 55.8 Å². The largest absolute Gasteiger partial charge is 0.497 e. The van der Waals surface area contributed by atoms with E-state index in [9.17, 15) is 4.79 Å². The zero-order chi connectivity index (χ0) is 10.1. The van der Waals surface area contributed by atoms with E-state index in [0.29, 0.717) is 13.2 Å². The minimum atomic E-state index is -1.09. The van der Waals surface area contributed by atoms with E-state index < -0.39 is 5.97 Å². The van der Waals surface area contributed by atoms with Crippen LogP contribution in [0, 0.1) is 0 Å². The summed E-state index contributed by atoms with van der Waals surface area (Å²) in [4.78, 5) is 10.5. The molecule has 0 saturated heterocycles. The maximum Gasteiger partial charge on any atom is 0.374 e. The molecule has 4 nitrogen and oxygen atoms in total. The van der Waals surface area contributed by atoms with Crippen LogP contribution in [0.25, 0.3) is 0 Å². The molecule has 1 N–H and O–H groups in total. The van der Waals surface area contributed by atoms with Crippen LogP contribution in [0.4, 0.5) is 0 Å². The average molecular weight is 188 g/mol. The number of carbonyl (C=O) groups is 1. The molecule has 0 amide bonds. The van der Waals surface area contributed by atoms with Gasteiger partial charge in [0, 0.05) is 0 Å². The van der Waals surface area contributed by atoms with Crippen molar-refractivity contribution in [3.8, 4) is 0 Å². The van der Waals surface area contributed by atoms with Crippen LogP contribution >= 0.6 is 0 Å². The molecule has 13 heavy (non-hydrogen) atoms. The SMILES string of the molecule is CCCOC=C(OCCC)C(=O)O. The van der Waals surface area contributed by atoms with E-state index in [1.54, 1.807) is 0 Å². The summed E-state index contributed by atoms with van der Waals surface area (Å²) in [5.41, 5.74) is 0. The van der Waals surface area contributed by atoms with Gasteiger partial charge in [0.25, 0.3) is 0 Å². The van der Waals surface area contributed by atoms with Crippen LogP contribution in [0.2, 0.25) is 0 Å². The molecule has 0 radical (unpaired) electrons. The highest BCUT2D eigenvalue weighted by Gasteiger charge is 2.07. The minimum absolute atomic E-state index is 0.129. The Balaban J connectivity index is 3.92. The van der Waals surface area contributed by atoms with Gasteiger partial charge in [-0.1, -0.05) is 13.8 Å². The molecule has 0 aromatic carbocycles. The lowest BCUT2D eigenvalue weighted by Gasteiger charge is -2.04. The molecular weight excluding hydrogens is 172 g/mol. The highest BCUT2D eigenvalue weighted by molar-refractivity contribution is 5.83. The van der Waals surface area contributed by atoms with Crippen LogP contribution in [-0.4, -0.2) is 24.3 Å². The third-order valence-corrected chi connectivity index (χ3v) is 1.18. The van der Waals surface area contributed by atoms with Crippen LogP contribution in [-0.2, 0) is 14.3 Å². The quantitative estimate of drug-likeness (QED) is 0.376. The first-order valence-corrected chi connectivity index (χ1v) is 4.40. The molecule has 0 unspecified atom stereocenters. The van der Waals surface area contributed by atoms with Gasteiger partial charge in [0.05, 0.1) is 13.2 Å². The molecule has 0 spiro atoms. The molecule has 0 saturated carbocycles. The van der Waals surface area contributed by atoms with Crippen molar-refractivity contribution in [3.05, 3.63) is 12.0 Å². The first-order valence-electron chi connectivity index (χ1n) is 4.40. The lowest BCUT2D eigenvalue weighted by Crippen LogP contribution is -2.06. The van der Waals surface area contributed by atoms with E-state index in [4.69, 9.17) is 14.6 Å². The zero-order valence-corrected chi connectivity index (χ0v) is 8.08. The molecule has 76 valence electrons. The summed E-state index contributed by atoms with van der Waals surface area (Å²) in [7, 11) is 0. The van der Waals surface area contributed by atoms with E-state index >= 15 is 0 Å². The maximum atomic E-state index is 10.5. The molecule has 0 heterocycles. The Morgan fingerprint density at radius 2 is 1.92 bits per heavy atom. The fourth-order valence-corrected chi connectivity index (χ4v) is 0.611. The second-order valence-electron chi connectivity index (χ2n) is 2.51. The van der Waals surface area contributed by atoms with Crippen molar-refractivity contribution < 1.29 is 19.4 Å². The predicted octanol–water partition coefficient (Wildman–Crippen LogP) is 1.77. The number of carboxylic acid groups (broad SMARTS) is 1. The number of ether oxygens (including phenoxy) is 2. The van der Waals surface area contributed by atoms with Crippen molar-refractivity contribution in [2.45, 2.75) is 26.7 Å². The van der Waals surface area contributed by atoms with E-state index in [1.807, 2.05) is 13.8 Å². The van der Waals surface area contributed by atoms with Crippen molar-refractivity contribution in [2.75, 3.05) is 13.2 Å². The molecule has 0 atom stereocenters. The monoisotopic (exact) mass is 188 g/mol. The fraction of sp³-hybridized carbons (Fsp3) is 0.667. The molecule has 0 aromatic rings. The van der Waals surface area contributed by atoms with Crippen molar-refractivity contribution in [3.63, 3.8) is 0 Å². The normalized spacial score (nSPS) is 11.1. The molecule has 0 rings (SSSR count). The maximum absolute atomic E-state index is 10.5. The summed E-state index contributed by atoms with van der Waals surface area (Å²) in [5.74, 6) is -1.22. The van der Waals surface area contributed by atoms with Crippen molar-refractivity contribution >= 4 is 5.97 Å². The van der Waals surface area contributed by atoms with Crippen molar-refractivity contribution in [2.24, 2.45) is 0 Å². The minimum Gasteiger partial charge on any atom is -0.497 e. The molecule has 0 aromatic heterocycles. The molecule has 0 aliphatic heterocycles. The smallest absolute Gasteiger partial charge is 0.374 e. The number of hydrogen-bond acceptors (Lipinski definition) is 3. The Labute approximate surface area is 78.2 Å². The Bertz CT molecular complexity index is 174. The van der Waals surface area contributed by atoms with E-state index in [-0.39, 0.29) is 5.76 Å². The predicted molar refractivity (Wildman–Crippen MR) is 48.2 cm³/mol. The molecular formula is C9H16O4. The molecule has 0 aliphatic rings. The van der Waals surface area contributed by atoms with Gasteiger partial charge in [0.1, 0.15) is 6.26 Å². The lowest BCUT2D eigenvalue weighted by molar-refractivity contribution is -0.137. The molecule has 0 fully saturated rings. The summed E-state index contributed by atoms with van der Waals surface area (Å²) >= 11 is 0. The number of aliphatic carboxylic acids is 1. The van der Waals surface area contributed by atoms with Gasteiger partial charge in [0.15, 0.2) is 0 Å². The first kappa shape index (κ1) is 11.8.